The molecular weight excluding hydrogens is 198 g/mol. The molecule has 0 fully saturated rings. The summed E-state index contributed by atoms with van der Waals surface area (Å²) in [5, 5.41) is 0. The number of hydrogen-bond donors (Lipinski definition) is 0. The van der Waals surface area contributed by atoms with E-state index in [0.717, 1.165) is 12.0 Å². The lowest BCUT2D eigenvalue weighted by atomic mass is 10.1. The van der Waals surface area contributed by atoms with Gasteiger partial charge in [0.1, 0.15) is 0 Å². The van der Waals surface area contributed by atoms with Crippen molar-refractivity contribution in [1.29, 1.82) is 0 Å². The molecule has 0 aromatic carbocycles. The molecule has 76 valence electrons. The zero-order valence-corrected chi connectivity index (χ0v) is 9.00. The molecule has 0 saturated heterocycles. The Morgan fingerprint density at radius 3 is 3.07 bits per heavy atom. The molecule has 1 heterocycles. The second-order valence-electron chi connectivity index (χ2n) is 3.13. The Labute approximate surface area is 89.2 Å². The molecule has 0 amide bonds. The van der Waals surface area contributed by atoms with Crippen molar-refractivity contribution in [3.63, 3.8) is 0 Å². The Morgan fingerprint density at radius 2 is 2.43 bits per heavy atom. The van der Waals surface area contributed by atoms with Gasteiger partial charge in [0.2, 0.25) is 0 Å². The summed E-state index contributed by atoms with van der Waals surface area (Å²) in [5.74, 6) is 0.209. The Bertz CT molecular complexity index is 328. The highest BCUT2D eigenvalue weighted by molar-refractivity contribution is 6.25. The van der Waals surface area contributed by atoms with Crippen LogP contribution in [-0.2, 0) is 6.54 Å². The number of carbonyl (C=O) groups excluding carboxylic acids is 1. The molecule has 0 atom stereocenters. The Balaban J connectivity index is 2.62. The second-order valence-corrected chi connectivity index (χ2v) is 3.38. The minimum Gasteiger partial charge on any atom is -0.350 e. The number of halogens is 1. The summed E-state index contributed by atoms with van der Waals surface area (Å²) in [6.45, 7) is 2.72. The van der Waals surface area contributed by atoms with Crippen LogP contribution in [0.4, 0.5) is 0 Å². The molecule has 0 aliphatic carbocycles. The number of aromatic nitrogens is 1. The van der Waals surface area contributed by atoms with E-state index >= 15 is 0 Å². The molecule has 0 unspecified atom stereocenters. The third-order valence-corrected chi connectivity index (χ3v) is 2.13. The average molecular weight is 212 g/mol. The molecule has 0 radical (unpaired) electrons. The van der Waals surface area contributed by atoms with Gasteiger partial charge in [-0.2, -0.15) is 0 Å². The molecule has 0 saturated carbocycles. The summed E-state index contributed by atoms with van der Waals surface area (Å²) < 4.78 is 1.93. The van der Waals surface area contributed by atoms with Crippen LogP contribution in [0.3, 0.4) is 0 Å². The first-order chi connectivity index (χ1) is 6.77. The first kappa shape index (κ1) is 11.1. The van der Waals surface area contributed by atoms with E-state index in [9.17, 15) is 4.79 Å². The summed E-state index contributed by atoms with van der Waals surface area (Å²) in [7, 11) is 0. The van der Waals surface area contributed by atoms with Crippen molar-refractivity contribution in [3.05, 3.63) is 35.6 Å². The monoisotopic (exact) mass is 211 g/mol. The molecular formula is C11H14ClNO. The highest BCUT2D eigenvalue weighted by Gasteiger charge is 2.05. The Hall–Kier alpha value is -1.02. The fourth-order valence-corrected chi connectivity index (χ4v) is 1.33. The van der Waals surface area contributed by atoms with Gasteiger partial charge in [0.15, 0.2) is 5.78 Å². The maximum absolute atomic E-state index is 11.5. The van der Waals surface area contributed by atoms with Crippen LogP contribution in [0.15, 0.2) is 30.1 Å². The van der Waals surface area contributed by atoms with Gasteiger partial charge >= 0.3 is 0 Å². The normalized spacial score (nSPS) is 11.0. The molecule has 3 heteroatoms. The highest BCUT2D eigenvalue weighted by atomic mass is 35.5. The van der Waals surface area contributed by atoms with Gasteiger partial charge in [-0.1, -0.05) is 24.6 Å². The number of hydrogen-bond acceptors (Lipinski definition) is 1. The quantitative estimate of drug-likeness (QED) is 0.686. The van der Waals surface area contributed by atoms with Crippen LogP contribution < -0.4 is 0 Å². The van der Waals surface area contributed by atoms with E-state index in [0.29, 0.717) is 13.0 Å². The number of allylic oxidation sites excluding steroid dienone is 1. The minimum absolute atomic E-state index is 0.209. The first-order valence-corrected chi connectivity index (χ1v) is 5.15. The molecule has 0 spiro atoms. The number of Topliss-reactive ketones (excluding diaryl/α,β-unsaturated/α-hetero) is 1. The summed E-state index contributed by atoms with van der Waals surface area (Å²) in [5.41, 5.74) is 2.27. The summed E-state index contributed by atoms with van der Waals surface area (Å²) in [6, 6.07) is 1.85. The fraction of sp³-hybridized carbons (Fsp3) is 0.364. The molecule has 0 bridgehead atoms. The van der Waals surface area contributed by atoms with Crippen LogP contribution in [0.2, 0.25) is 0 Å². The number of rotatable bonds is 5. The molecule has 1 aromatic rings. The molecule has 1 aromatic heterocycles. The van der Waals surface area contributed by atoms with Gasteiger partial charge in [0, 0.05) is 36.5 Å². The van der Waals surface area contributed by atoms with Crippen LogP contribution in [0.5, 0.6) is 0 Å². The average Bonchev–Trinajstić information content (AvgIpc) is 2.63. The van der Waals surface area contributed by atoms with Crippen LogP contribution in [0.1, 0.15) is 30.1 Å². The highest BCUT2D eigenvalue weighted by Crippen LogP contribution is 2.06. The van der Waals surface area contributed by atoms with Gasteiger partial charge in [0.05, 0.1) is 0 Å². The third-order valence-electron chi connectivity index (χ3n) is 1.95. The molecule has 0 aliphatic rings. The first-order valence-electron chi connectivity index (χ1n) is 4.72. The zero-order valence-electron chi connectivity index (χ0n) is 8.24. The van der Waals surface area contributed by atoms with Crippen LogP contribution >= 0.6 is 11.6 Å². The van der Waals surface area contributed by atoms with Crippen LogP contribution in [0.25, 0.3) is 0 Å². The van der Waals surface area contributed by atoms with Gasteiger partial charge < -0.3 is 4.57 Å². The van der Waals surface area contributed by atoms with Gasteiger partial charge in [-0.05, 0) is 12.5 Å². The van der Waals surface area contributed by atoms with Crippen molar-refractivity contribution >= 4 is 17.4 Å². The fourth-order valence-electron chi connectivity index (χ4n) is 1.25. The maximum atomic E-state index is 11.5. The van der Waals surface area contributed by atoms with Crippen molar-refractivity contribution in [2.75, 3.05) is 0 Å². The van der Waals surface area contributed by atoms with Crippen molar-refractivity contribution in [2.24, 2.45) is 0 Å². The van der Waals surface area contributed by atoms with Crippen LogP contribution in [-0.4, -0.2) is 10.4 Å². The number of ketones is 1. The van der Waals surface area contributed by atoms with E-state index in [-0.39, 0.29) is 5.78 Å². The third kappa shape index (κ3) is 3.04. The SMILES string of the molecule is CCCC(=O)c1ccn(CC=CCl)c1. The van der Waals surface area contributed by atoms with Gasteiger partial charge in [0.25, 0.3) is 0 Å². The predicted molar refractivity (Wildman–Crippen MR) is 58.7 cm³/mol. The van der Waals surface area contributed by atoms with E-state index in [2.05, 4.69) is 0 Å². The summed E-state index contributed by atoms with van der Waals surface area (Å²) in [4.78, 5) is 11.5. The second kappa shape index (κ2) is 5.66. The standard InChI is InChI=1S/C11H14ClNO/c1-2-4-11(14)10-5-8-13(9-10)7-3-6-12/h3,5-6,8-9H,2,4,7H2,1H3. The van der Waals surface area contributed by atoms with Gasteiger partial charge in [-0.3, -0.25) is 4.79 Å². The van der Waals surface area contributed by atoms with E-state index < -0.39 is 0 Å². The smallest absolute Gasteiger partial charge is 0.164 e. The van der Waals surface area contributed by atoms with Gasteiger partial charge in [-0.15, -0.1) is 0 Å². The number of carbonyl (C=O) groups is 1. The maximum Gasteiger partial charge on any atom is 0.164 e. The lowest BCUT2D eigenvalue weighted by Crippen LogP contribution is -1.96. The molecule has 2 nitrogen and oxygen atoms in total. The molecule has 1 rings (SSSR count). The molecule has 0 N–H and O–H groups in total. The topological polar surface area (TPSA) is 22.0 Å². The summed E-state index contributed by atoms with van der Waals surface area (Å²) in [6.07, 6.45) is 7.09. The van der Waals surface area contributed by atoms with Crippen molar-refractivity contribution in [3.8, 4) is 0 Å². The van der Waals surface area contributed by atoms with Gasteiger partial charge in [-0.25, -0.2) is 0 Å². The Kier molecular flexibility index (Phi) is 4.47. The van der Waals surface area contributed by atoms with Crippen molar-refractivity contribution in [1.82, 2.24) is 4.57 Å². The predicted octanol–water partition coefficient (Wildman–Crippen LogP) is 3.22. The Morgan fingerprint density at radius 1 is 1.64 bits per heavy atom. The minimum atomic E-state index is 0.209. The largest absolute Gasteiger partial charge is 0.350 e. The van der Waals surface area contributed by atoms with Crippen molar-refractivity contribution in [2.45, 2.75) is 26.3 Å². The van der Waals surface area contributed by atoms with E-state index in [4.69, 9.17) is 11.6 Å². The van der Waals surface area contributed by atoms with E-state index in [1.807, 2.05) is 36.0 Å². The van der Waals surface area contributed by atoms with Crippen molar-refractivity contribution < 1.29 is 4.79 Å². The summed E-state index contributed by atoms with van der Waals surface area (Å²) >= 11 is 5.41. The van der Waals surface area contributed by atoms with E-state index in [1.165, 1.54) is 5.54 Å². The molecule has 14 heavy (non-hydrogen) atoms. The lowest BCUT2D eigenvalue weighted by molar-refractivity contribution is 0.0981. The number of nitrogens with zero attached hydrogens (tertiary/aromatic N) is 1. The van der Waals surface area contributed by atoms with E-state index in [1.54, 1.807) is 0 Å². The van der Waals surface area contributed by atoms with Crippen LogP contribution in [0, 0.1) is 0 Å². The zero-order chi connectivity index (χ0) is 10.4. The molecule has 0 aliphatic heterocycles. The lowest BCUT2D eigenvalue weighted by Gasteiger charge is -1.95.